The van der Waals surface area contributed by atoms with Crippen molar-refractivity contribution in [3.8, 4) is 0 Å². The number of nitrogens with one attached hydrogen (secondary N) is 3. The maximum absolute atomic E-state index is 11.4. The van der Waals surface area contributed by atoms with Crippen LogP contribution in [0, 0.1) is 0 Å². The van der Waals surface area contributed by atoms with Gasteiger partial charge in [0.2, 0.25) is 11.8 Å². The molecule has 0 aliphatic carbocycles. The largest absolute Gasteiger partial charge is 0.352 e. The summed E-state index contributed by atoms with van der Waals surface area (Å²) in [5.41, 5.74) is 5.02. The number of hydrogen-bond donors (Lipinski definition) is 3. The van der Waals surface area contributed by atoms with Gasteiger partial charge in [0.05, 0.1) is 6.42 Å². The van der Waals surface area contributed by atoms with Gasteiger partial charge in [-0.05, 0) is 13.3 Å². The van der Waals surface area contributed by atoms with Crippen molar-refractivity contribution in [3.05, 3.63) is 0 Å². The molecule has 74 valence electrons. The predicted molar refractivity (Wildman–Crippen MR) is 47.6 cm³/mol. The molecule has 13 heavy (non-hydrogen) atoms. The van der Waals surface area contributed by atoms with Gasteiger partial charge in [0.15, 0.2) is 0 Å². The molecule has 1 aliphatic heterocycles. The zero-order valence-corrected chi connectivity index (χ0v) is 7.89. The van der Waals surface area contributed by atoms with Gasteiger partial charge in [-0.25, -0.2) is 5.43 Å². The molecule has 1 fully saturated rings. The first-order valence-corrected chi connectivity index (χ1v) is 4.48. The van der Waals surface area contributed by atoms with E-state index in [2.05, 4.69) is 16.2 Å². The Hall–Kier alpha value is -1.10. The van der Waals surface area contributed by atoms with Crippen molar-refractivity contribution in [2.75, 3.05) is 0 Å². The fraction of sp³-hybridized carbons (Fsp3) is 0.750. The van der Waals surface area contributed by atoms with Crippen LogP contribution in [0.4, 0.5) is 0 Å². The highest BCUT2D eigenvalue weighted by atomic mass is 16.2. The molecule has 1 rings (SSSR count). The van der Waals surface area contributed by atoms with Gasteiger partial charge in [-0.15, -0.1) is 0 Å². The number of carbonyl (C=O) groups is 2. The molecule has 0 aromatic rings. The molecule has 0 spiro atoms. The Morgan fingerprint density at radius 1 is 1.77 bits per heavy atom. The van der Waals surface area contributed by atoms with Crippen molar-refractivity contribution in [2.45, 2.75) is 38.8 Å². The molecule has 0 bridgehead atoms. The Morgan fingerprint density at radius 3 is 2.92 bits per heavy atom. The van der Waals surface area contributed by atoms with Crippen molar-refractivity contribution in [1.82, 2.24) is 16.2 Å². The zero-order valence-electron chi connectivity index (χ0n) is 7.89. The number of rotatable bonds is 3. The second kappa shape index (κ2) is 4.23. The van der Waals surface area contributed by atoms with Gasteiger partial charge in [-0.3, -0.25) is 15.0 Å². The van der Waals surface area contributed by atoms with Gasteiger partial charge in [0, 0.05) is 6.04 Å². The van der Waals surface area contributed by atoms with Crippen LogP contribution in [-0.2, 0) is 9.59 Å². The lowest BCUT2D eigenvalue weighted by Gasteiger charge is -2.14. The molecule has 0 aromatic heterocycles. The molecule has 5 nitrogen and oxygen atoms in total. The van der Waals surface area contributed by atoms with Crippen molar-refractivity contribution in [1.29, 1.82) is 0 Å². The maximum atomic E-state index is 11.4. The Bertz CT molecular complexity index is 217. The van der Waals surface area contributed by atoms with Crippen molar-refractivity contribution in [3.63, 3.8) is 0 Å². The lowest BCUT2D eigenvalue weighted by Crippen LogP contribution is -2.46. The average Bonchev–Trinajstić information content (AvgIpc) is 2.51. The third-order valence-electron chi connectivity index (χ3n) is 2.09. The van der Waals surface area contributed by atoms with Crippen LogP contribution in [0.15, 0.2) is 0 Å². The molecule has 0 aromatic carbocycles. The Balaban J connectivity index is 2.35. The van der Waals surface area contributed by atoms with Crippen molar-refractivity contribution < 1.29 is 9.59 Å². The summed E-state index contributed by atoms with van der Waals surface area (Å²) in [7, 11) is 0. The van der Waals surface area contributed by atoms with Crippen LogP contribution in [0.3, 0.4) is 0 Å². The summed E-state index contributed by atoms with van der Waals surface area (Å²) in [6, 6.07) is -0.258. The summed E-state index contributed by atoms with van der Waals surface area (Å²) in [5.74, 6) is -0.253. The Kier molecular flexibility index (Phi) is 3.25. The minimum atomic E-state index is -0.415. The van der Waals surface area contributed by atoms with E-state index in [0.29, 0.717) is 0 Å². The van der Waals surface area contributed by atoms with Crippen LogP contribution in [0.5, 0.6) is 0 Å². The van der Waals surface area contributed by atoms with Crippen LogP contribution >= 0.6 is 0 Å². The molecule has 3 N–H and O–H groups in total. The molecule has 2 atom stereocenters. The monoisotopic (exact) mass is 185 g/mol. The average molecular weight is 185 g/mol. The van der Waals surface area contributed by atoms with Crippen LogP contribution in [-0.4, -0.2) is 23.9 Å². The van der Waals surface area contributed by atoms with Gasteiger partial charge in [-0.1, -0.05) is 6.92 Å². The molecule has 2 unspecified atom stereocenters. The third-order valence-corrected chi connectivity index (χ3v) is 2.09. The van der Waals surface area contributed by atoms with E-state index in [9.17, 15) is 9.59 Å². The van der Waals surface area contributed by atoms with E-state index in [1.54, 1.807) is 0 Å². The first-order chi connectivity index (χ1) is 6.13. The fourth-order valence-electron chi connectivity index (χ4n) is 1.06. The summed E-state index contributed by atoms with van der Waals surface area (Å²) >= 11 is 0. The highest BCUT2D eigenvalue weighted by molar-refractivity contribution is 5.90. The van der Waals surface area contributed by atoms with Crippen LogP contribution in [0.2, 0.25) is 0 Å². The fourth-order valence-corrected chi connectivity index (χ4v) is 1.06. The molecule has 2 amide bonds. The summed E-state index contributed by atoms with van der Waals surface area (Å²) in [4.78, 5) is 22.2. The van der Waals surface area contributed by atoms with E-state index >= 15 is 0 Å². The van der Waals surface area contributed by atoms with Gasteiger partial charge in [-0.2, -0.15) is 0 Å². The van der Waals surface area contributed by atoms with Crippen molar-refractivity contribution in [2.24, 2.45) is 0 Å². The molecular weight excluding hydrogens is 170 g/mol. The Labute approximate surface area is 77.2 Å². The van der Waals surface area contributed by atoms with E-state index < -0.39 is 6.04 Å². The number of hydrogen-bond acceptors (Lipinski definition) is 3. The van der Waals surface area contributed by atoms with Crippen LogP contribution in [0.1, 0.15) is 26.7 Å². The molecule has 1 aliphatic rings. The first-order valence-electron chi connectivity index (χ1n) is 4.48. The lowest BCUT2D eigenvalue weighted by atomic mass is 10.2. The van der Waals surface area contributed by atoms with Gasteiger partial charge in [0.25, 0.3) is 0 Å². The van der Waals surface area contributed by atoms with E-state index in [1.807, 2.05) is 13.8 Å². The first kappa shape index (κ1) is 9.98. The molecule has 5 heteroatoms. The zero-order chi connectivity index (χ0) is 9.84. The Morgan fingerprint density at radius 2 is 2.46 bits per heavy atom. The van der Waals surface area contributed by atoms with Gasteiger partial charge < -0.3 is 5.32 Å². The maximum Gasteiger partial charge on any atom is 0.239 e. The summed E-state index contributed by atoms with van der Waals surface area (Å²) in [6.45, 7) is 3.93. The summed E-state index contributed by atoms with van der Waals surface area (Å²) in [5, 5.41) is 2.80. The second-order valence-electron chi connectivity index (χ2n) is 3.27. The third kappa shape index (κ3) is 2.69. The van der Waals surface area contributed by atoms with Gasteiger partial charge in [0.1, 0.15) is 6.04 Å². The number of carbonyl (C=O) groups excluding carboxylic acids is 2. The molecule has 1 saturated heterocycles. The predicted octanol–water partition coefficient (Wildman–Crippen LogP) is -0.706. The SMILES string of the molecule is CCC(C)NC(=O)C1CC(=O)NN1. The topological polar surface area (TPSA) is 70.2 Å². The quantitative estimate of drug-likeness (QED) is 0.544. The highest BCUT2D eigenvalue weighted by Gasteiger charge is 2.27. The second-order valence-corrected chi connectivity index (χ2v) is 3.27. The minimum absolute atomic E-state index is 0.118. The lowest BCUT2D eigenvalue weighted by molar-refractivity contribution is -0.125. The number of hydrazine groups is 1. The highest BCUT2D eigenvalue weighted by Crippen LogP contribution is 1.99. The smallest absolute Gasteiger partial charge is 0.239 e. The van der Waals surface area contributed by atoms with E-state index in [0.717, 1.165) is 6.42 Å². The number of amides is 2. The van der Waals surface area contributed by atoms with E-state index in [1.165, 1.54) is 0 Å². The molecule has 0 radical (unpaired) electrons. The normalized spacial score (nSPS) is 23.8. The summed E-state index contributed by atoms with van der Waals surface area (Å²) in [6.07, 6.45) is 1.11. The molecule has 1 heterocycles. The molecular formula is C8H15N3O2. The van der Waals surface area contributed by atoms with E-state index in [4.69, 9.17) is 0 Å². The molecule has 0 saturated carbocycles. The van der Waals surface area contributed by atoms with Crippen molar-refractivity contribution >= 4 is 11.8 Å². The van der Waals surface area contributed by atoms with Gasteiger partial charge >= 0.3 is 0 Å². The standard InChI is InChI=1S/C8H15N3O2/c1-3-5(2)9-8(13)6-4-7(12)11-10-6/h5-6,10H,3-4H2,1-2H3,(H,9,13)(H,11,12). The minimum Gasteiger partial charge on any atom is -0.352 e. The van der Waals surface area contributed by atoms with E-state index in [-0.39, 0.29) is 24.3 Å². The van der Waals surface area contributed by atoms with Crippen LogP contribution in [0.25, 0.3) is 0 Å². The summed E-state index contributed by atoms with van der Waals surface area (Å²) < 4.78 is 0. The van der Waals surface area contributed by atoms with Crippen LogP contribution < -0.4 is 16.2 Å².